The van der Waals surface area contributed by atoms with E-state index in [9.17, 15) is 0 Å². The average molecular weight is 459 g/mol. The quantitative estimate of drug-likeness (QED) is 0.365. The van der Waals surface area contributed by atoms with Crippen LogP contribution in [0.25, 0.3) is 22.3 Å². The van der Waals surface area contributed by atoms with E-state index in [1.54, 1.807) is 6.20 Å². The maximum absolute atomic E-state index is 6.39. The van der Waals surface area contributed by atoms with Gasteiger partial charge in [0.15, 0.2) is 0 Å². The van der Waals surface area contributed by atoms with Gasteiger partial charge in [-0.1, -0.05) is 45.1 Å². The second kappa shape index (κ2) is 9.95. The number of rotatable bonds is 5. The number of imidazole rings is 1. The molecule has 7 nitrogen and oxygen atoms in total. The molecule has 3 aromatic heterocycles. The molecular weight excluding hydrogens is 424 g/mol. The van der Waals surface area contributed by atoms with Gasteiger partial charge in [-0.05, 0) is 56.9 Å². The second-order valence-electron chi connectivity index (χ2n) is 9.74. The Morgan fingerprint density at radius 3 is 2.47 bits per heavy atom. The zero-order valence-electron chi connectivity index (χ0n) is 20.4. The third-order valence-corrected chi connectivity index (χ3v) is 6.87. The lowest BCUT2D eigenvalue weighted by Gasteiger charge is -2.17. The molecule has 0 amide bonds. The van der Waals surface area contributed by atoms with E-state index in [0.29, 0.717) is 6.04 Å². The second-order valence-corrected chi connectivity index (χ2v) is 9.74. The molecule has 0 bridgehead atoms. The molecule has 0 spiro atoms. The van der Waals surface area contributed by atoms with Crippen LogP contribution in [0.4, 0.5) is 0 Å². The van der Waals surface area contributed by atoms with Gasteiger partial charge in [0.1, 0.15) is 23.1 Å². The van der Waals surface area contributed by atoms with E-state index in [0.717, 1.165) is 45.3 Å². The molecule has 1 atom stereocenters. The summed E-state index contributed by atoms with van der Waals surface area (Å²) in [6.45, 7) is 6.31. The number of aromatic amines is 1. The summed E-state index contributed by atoms with van der Waals surface area (Å²) < 4.78 is 8.62. The summed E-state index contributed by atoms with van der Waals surface area (Å²) in [5, 5.41) is 11.1. The normalized spacial score (nSPS) is 17.3. The molecule has 0 saturated heterocycles. The van der Waals surface area contributed by atoms with Gasteiger partial charge in [0.25, 0.3) is 0 Å². The summed E-state index contributed by atoms with van der Waals surface area (Å²) in [4.78, 5) is 9.05. The summed E-state index contributed by atoms with van der Waals surface area (Å²) in [5.74, 6) is 1.83. The van der Waals surface area contributed by atoms with Crippen molar-refractivity contribution in [1.29, 1.82) is 0 Å². The number of aromatic nitrogens is 6. The number of aryl methyl sites for hydroxylation is 1. The molecule has 2 saturated carbocycles. The Hall–Kier alpha value is -3.22. The van der Waals surface area contributed by atoms with Crippen LogP contribution in [0.15, 0.2) is 42.9 Å². The fraction of sp³-hybridized carbons (Fsp3) is 0.481. The highest BCUT2D eigenvalue weighted by atomic mass is 16.5. The maximum atomic E-state index is 6.39. The van der Waals surface area contributed by atoms with Crippen molar-refractivity contribution in [2.45, 2.75) is 77.9 Å². The molecule has 2 aliphatic carbocycles. The SMILES string of the molecule is CC1CCCCC1.Cc1n[nH]nc1-c1cc(O[C@H](C)c2ccccn2)c2c(c1)ncn2C1CC1. The third-order valence-electron chi connectivity index (χ3n) is 6.87. The molecule has 1 N–H and O–H groups in total. The van der Waals surface area contributed by atoms with Crippen LogP contribution >= 0.6 is 0 Å². The molecule has 7 heteroatoms. The first kappa shape index (κ1) is 22.6. The van der Waals surface area contributed by atoms with Crippen LogP contribution in [0.3, 0.4) is 0 Å². The van der Waals surface area contributed by atoms with Crippen LogP contribution in [0.1, 0.15) is 82.3 Å². The molecule has 4 aromatic rings. The summed E-state index contributed by atoms with van der Waals surface area (Å²) in [6.07, 6.45) is 13.3. The Kier molecular flexibility index (Phi) is 6.61. The van der Waals surface area contributed by atoms with Gasteiger partial charge in [0.2, 0.25) is 0 Å². The molecule has 0 aliphatic heterocycles. The van der Waals surface area contributed by atoms with Crippen molar-refractivity contribution in [3.05, 3.63) is 54.2 Å². The van der Waals surface area contributed by atoms with Crippen molar-refractivity contribution >= 4 is 11.0 Å². The number of nitrogens with one attached hydrogen (secondary N) is 1. The number of fused-ring (bicyclic) bond motifs is 1. The van der Waals surface area contributed by atoms with Crippen LogP contribution in [-0.2, 0) is 0 Å². The summed E-state index contributed by atoms with van der Waals surface area (Å²) in [6, 6.07) is 10.5. The van der Waals surface area contributed by atoms with Crippen LogP contribution in [0.2, 0.25) is 0 Å². The van der Waals surface area contributed by atoms with Crippen LogP contribution < -0.4 is 4.74 Å². The predicted octanol–water partition coefficient (Wildman–Crippen LogP) is 6.59. The van der Waals surface area contributed by atoms with E-state index in [1.807, 2.05) is 44.4 Å². The highest BCUT2D eigenvalue weighted by Gasteiger charge is 2.27. The molecular formula is C27H34N6O. The lowest BCUT2D eigenvalue weighted by atomic mass is 9.91. The highest BCUT2D eigenvalue weighted by molar-refractivity contribution is 5.88. The van der Waals surface area contributed by atoms with Crippen LogP contribution in [-0.4, -0.2) is 29.9 Å². The first-order valence-electron chi connectivity index (χ1n) is 12.6. The molecule has 178 valence electrons. The number of hydrogen-bond donors (Lipinski definition) is 1. The summed E-state index contributed by atoms with van der Waals surface area (Å²) >= 11 is 0. The summed E-state index contributed by atoms with van der Waals surface area (Å²) in [5.41, 5.74) is 5.44. The van der Waals surface area contributed by atoms with Gasteiger partial charge in [0, 0.05) is 17.8 Å². The predicted molar refractivity (Wildman–Crippen MR) is 134 cm³/mol. The monoisotopic (exact) mass is 458 g/mol. The summed E-state index contributed by atoms with van der Waals surface area (Å²) in [7, 11) is 0. The average Bonchev–Trinajstić information content (AvgIpc) is 3.46. The zero-order chi connectivity index (χ0) is 23.5. The standard InChI is InChI=1S/C20H20N6O.C7H14/c1-12-19(24-25-23-12)14-9-17-20(26(11-22-17)15-6-7-15)18(10-14)27-13(2)16-5-3-4-8-21-16;1-7-5-3-2-4-6-7/h3-5,8-11,13,15H,6-7H2,1-2H3,(H,23,24,25);7H,2-6H2,1H3/t13-;/m1./s1. The number of hydrogen-bond acceptors (Lipinski definition) is 5. The molecule has 2 fully saturated rings. The largest absolute Gasteiger partial charge is 0.482 e. The van der Waals surface area contributed by atoms with Crippen molar-refractivity contribution in [2.75, 3.05) is 0 Å². The lowest BCUT2D eigenvalue weighted by molar-refractivity contribution is 0.224. The van der Waals surface area contributed by atoms with Crippen molar-refractivity contribution in [3.8, 4) is 17.0 Å². The molecule has 34 heavy (non-hydrogen) atoms. The number of nitrogens with zero attached hydrogens (tertiary/aromatic N) is 5. The zero-order valence-corrected chi connectivity index (χ0v) is 20.4. The Bertz CT molecular complexity index is 1220. The van der Waals surface area contributed by atoms with Gasteiger partial charge >= 0.3 is 0 Å². The Morgan fingerprint density at radius 2 is 1.85 bits per heavy atom. The Balaban J connectivity index is 0.000000297. The minimum atomic E-state index is -0.175. The van der Waals surface area contributed by atoms with Crippen LogP contribution in [0, 0.1) is 12.8 Å². The van der Waals surface area contributed by atoms with E-state index >= 15 is 0 Å². The molecule has 1 aromatic carbocycles. The first-order chi connectivity index (χ1) is 16.6. The van der Waals surface area contributed by atoms with E-state index in [-0.39, 0.29) is 6.10 Å². The number of H-pyrrole nitrogens is 1. The van der Waals surface area contributed by atoms with Crippen molar-refractivity contribution < 1.29 is 4.74 Å². The van der Waals surface area contributed by atoms with E-state index in [1.165, 1.54) is 44.9 Å². The van der Waals surface area contributed by atoms with Gasteiger partial charge in [-0.3, -0.25) is 4.98 Å². The van der Waals surface area contributed by atoms with Gasteiger partial charge in [0.05, 0.1) is 23.2 Å². The Labute approximate surface area is 201 Å². The van der Waals surface area contributed by atoms with Gasteiger partial charge in [-0.15, -0.1) is 0 Å². The molecule has 0 radical (unpaired) electrons. The fourth-order valence-electron chi connectivity index (χ4n) is 4.72. The number of pyridine rings is 1. The van der Waals surface area contributed by atoms with Crippen molar-refractivity contribution in [1.82, 2.24) is 29.9 Å². The van der Waals surface area contributed by atoms with E-state index in [4.69, 9.17) is 4.74 Å². The number of benzene rings is 1. The first-order valence-corrected chi connectivity index (χ1v) is 12.6. The minimum absolute atomic E-state index is 0.175. The highest BCUT2D eigenvalue weighted by Crippen LogP contribution is 2.42. The topological polar surface area (TPSA) is 81.5 Å². The fourth-order valence-corrected chi connectivity index (χ4v) is 4.72. The number of ether oxygens (including phenoxy) is 1. The van der Waals surface area contributed by atoms with E-state index in [2.05, 4.69) is 42.9 Å². The molecule has 6 rings (SSSR count). The van der Waals surface area contributed by atoms with Gasteiger partial charge in [-0.2, -0.15) is 15.4 Å². The molecule has 3 heterocycles. The van der Waals surface area contributed by atoms with E-state index < -0.39 is 0 Å². The minimum Gasteiger partial charge on any atom is -0.482 e. The van der Waals surface area contributed by atoms with Crippen molar-refractivity contribution in [2.24, 2.45) is 5.92 Å². The lowest BCUT2D eigenvalue weighted by Crippen LogP contribution is -2.06. The third kappa shape index (κ3) is 4.98. The molecule has 0 unspecified atom stereocenters. The van der Waals surface area contributed by atoms with Gasteiger partial charge < -0.3 is 9.30 Å². The van der Waals surface area contributed by atoms with Crippen molar-refractivity contribution in [3.63, 3.8) is 0 Å². The Morgan fingerprint density at radius 1 is 1.03 bits per heavy atom. The van der Waals surface area contributed by atoms with Crippen LogP contribution in [0.5, 0.6) is 5.75 Å². The van der Waals surface area contributed by atoms with Gasteiger partial charge in [-0.25, -0.2) is 4.98 Å². The molecule has 2 aliphatic rings. The smallest absolute Gasteiger partial charge is 0.146 e. The maximum Gasteiger partial charge on any atom is 0.146 e.